The molecule has 2 aliphatic rings. The molecule has 1 aromatic carbocycles. The molecular formula is C20H23ClN5O6PS. The van der Waals surface area contributed by atoms with Gasteiger partial charge in [0.1, 0.15) is 24.6 Å². The van der Waals surface area contributed by atoms with E-state index >= 15 is 0 Å². The molecule has 2 aliphatic heterocycles. The maximum Gasteiger partial charge on any atom is 0.472 e. The predicted molar refractivity (Wildman–Crippen MR) is 125 cm³/mol. The summed E-state index contributed by atoms with van der Waals surface area (Å²) in [6.45, 7) is 5.31. The highest BCUT2D eigenvalue weighted by molar-refractivity contribution is 7.99. The lowest BCUT2D eigenvalue weighted by Gasteiger charge is -2.27. The van der Waals surface area contributed by atoms with Gasteiger partial charge in [0.2, 0.25) is 0 Å². The molecule has 11 nitrogen and oxygen atoms in total. The summed E-state index contributed by atoms with van der Waals surface area (Å²) in [6, 6.07) is 7.27. The summed E-state index contributed by atoms with van der Waals surface area (Å²) in [5, 5.41) is 12.2. The first-order chi connectivity index (χ1) is 16.3. The van der Waals surface area contributed by atoms with Crippen LogP contribution in [0.5, 0.6) is 0 Å². The minimum Gasteiger partial charge on any atom is -0.386 e. The van der Waals surface area contributed by atoms with Crippen LogP contribution in [0.15, 0.2) is 40.6 Å². The number of aliphatic hydroxyl groups is 1. The summed E-state index contributed by atoms with van der Waals surface area (Å²) in [4.78, 5) is 26.4. The van der Waals surface area contributed by atoms with Crippen molar-refractivity contribution in [1.29, 1.82) is 0 Å². The summed E-state index contributed by atoms with van der Waals surface area (Å²) in [6.07, 6.45) is -2.56. The molecule has 34 heavy (non-hydrogen) atoms. The van der Waals surface area contributed by atoms with Gasteiger partial charge in [-0.25, -0.2) is 19.5 Å². The second-order valence-corrected chi connectivity index (χ2v) is 10.6. The topological polar surface area (TPSA) is 132 Å². The van der Waals surface area contributed by atoms with Crippen LogP contribution in [-0.2, 0) is 18.3 Å². The molecule has 1 unspecified atom stereocenters. The molecule has 0 bridgehead atoms. The Bertz CT molecular complexity index is 1240. The highest BCUT2D eigenvalue weighted by Gasteiger charge is 2.53. The number of hydrogen-bond acceptors (Lipinski definition) is 10. The molecule has 0 radical (unpaired) electrons. The molecule has 5 atom stereocenters. The van der Waals surface area contributed by atoms with Gasteiger partial charge in [-0.1, -0.05) is 23.4 Å². The lowest BCUT2D eigenvalue weighted by Crippen LogP contribution is -2.39. The first kappa shape index (κ1) is 24.0. The maximum absolute atomic E-state index is 11.9. The summed E-state index contributed by atoms with van der Waals surface area (Å²) in [7, 11) is -4.26. The number of benzene rings is 1. The second kappa shape index (κ2) is 9.36. The van der Waals surface area contributed by atoms with E-state index in [1.54, 1.807) is 16.7 Å². The Morgan fingerprint density at radius 1 is 1.26 bits per heavy atom. The Morgan fingerprint density at radius 3 is 2.71 bits per heavy atom. The molecule has 4 heterocycles. The van der Waals surface area contributed by atoms with Crippen LogP contribution in [0.25, 0.3) is 11.2 Å². The third-order valence-corrected chi connectivity index (χ3v) is 7.95. The second-order valence-electron chi connectivity index (χ2n) is 7.75. The molecular weight excluding hydrogens is 505 g/mol. The number of rotatable bonds is 6. The number of phosphoric acid groups is 1. The lowest BCUT2D eigenvalue weighted by molar-refractivity contribution is -0.0684. The highest BCUT2D eigenvalue weighted by atomic mass is 35.5. The van der Waals surface area contributed by atoms with E-state index in [1.165, 1.54) is 18.1 Å². The van der Waals surface area contributed by atoms with Gasteiger partial charge in [-0.05, 0) is 38.1 Å². The molecule has 2 fully saturated rings. The highest BCUT2D eigenvalue weighted by Crippen LogP contribution is 2.53. The number of aromatic nitrogens is 4. The summed E-state index contributed by atoms with van der Waals surface area (Å²) in [5.74, 6) is 0.663. The van der Waals surface area contributed by atoms with Gasteiger partial charge < -0.3 is 19.6 Å². The van der Waals surface area contributed by atoms with Crippen molar-refractivity contribution >= 4 is 48.2 Å². The number of imidazole rings is 1. The van der Waals surface area contributed by atoms with Crippen molar-refractivity contribution in [1.82, 2.24) is 19.5 Å². The van der Waals surface area contributed by atoms with Crippen molar-refractivity contribution in [2.24, 2.45) is 0 Å². The standard InChI is InChI=1S/C20H23ClN5O6PS/c1-3-25(4-2)17-14-18(23-10-22-17)26(20(24-14)34-12-7-5-11(21)6-8-12)19-15(27)16-13(31-19)9-30-33(28,29)32-16/h5-8,10,13,15-16,19,27H,3-4,9H2,1-2H3,(H,28,29)/t13-,15-,16-,19-/m1/s1. The van der Waals surface area contributed by atoms with Gasteiger partial charge in [0.15, 0.2) is 28.4 Å². The number of halogens is 1. The molecule has 3 aromatic rings. The normalized spacial score (nSPS) is 28.9. The van der Waals surface area contributed by atoms with E-state index in [0.29, 0.717) is 27.2 Å². The van der Waals surface area contributed by atoms with Crippen LogP contribution in [0.1, 0.15) is 20.1 Å². The zero-order valence-corrected chi connectivity index (χ0v) is 20.8. The van der Waals surface area contributed by atoms with Gasteiger partial charge in [-0.3, -0.25) is 13.6 Å². The van der Waals surface area contributed by atoms with E-state index in [2.05, 4.69) is 14.9 Å². The molecule has 2 saturated heterocycles. The molecule has 2 N–H and O–H groups in total. The average Bonchev–Trinajstić information content (AvgIpc) is 3.33. The predicted octanol–water partition coefficient (Wildman–Crippen LogP) is 3.25. The minimum atomic E-state index is -4.26. The maximum atomic E-state index is 11.9. The van der Waals surface area contributed by atoms with Gasteiger partial charge in [-0.2, -0.15) is 0 Å². The first-order valence-electron chi connectivity index (χ1n) is 10.7. The van der Waals surface area contributed by atoms with Gasteiger partial charge in [0.05, 0.1) is 6.61 Å². The van der Waals surface area contributed by atoms with Crippen LogP contribution in [0, 0.1) is 0 Å². The van der Waals surface area contributed by atoms with Crippen molar-refractivity contribution in [3.05, 3.63) is 35.6 Å². The fourth-order valence-electron chi connectivity index (χ4n) is 4.09. The molecule has 182 valence electrons. The third kappa shape index (κ3) is 4.33. The fraction of sp³-hybridized carbons (Fsp3) is 0.450. The van der Waals surface area contributed by atoms with E-state index in [-0.39, 0.29) is 6.61 Å². The fourth-order valence-corrected chi connectivity index (χ4v) is 6.09. The lowest BCUT2D eigenvalue weighted by atomic mass is 10.1. The van der Waals surface area contributed by atoms with Crippen molar-refractivity contribution in [3.8, 4) is 0 Å². The van der Waals surface area contributed by atoms with Crippen LogP contribution >= 0.6 is 31.2 Å². The van der Waals surface area contributed by atoms with Crippen molar-refractivity contribution in [2.45, 2.75) is 48.4 Å². The van der Waals surface area contributed by atoms with Crippen LogP contribution in [0.3, 0.4) is 0 Å². The number of ether oxygens (including phenoxy) is 1. The van der Waals surface area contributed by atoms with Gasteiger partial charge in [0.25, 0.3) is 0 Å². The number of anilines is 1. The molecule has 0 amide bonds. The quantitative estimate of drug-likeness (QED) is 0.458. The molecule has 0 saturated carbocycles. The van der Waals surface area contributed by atoms with Gasteiger partial charge in [0, 0.05) is 23.0 Å². The monoisotopic (exact) mass is 527 g/mol. The minimum absolute atomic E-state index is 0.183. The first-order valence-corrected chi connectivity index (χ1v) is 13.4. The van der Waals surface area contributed by atoms with Gasteiger partial charge >= 0.3 is 7.82 Å². The third-order valence-electron chi connectivity index (χ3n) is 5.73. The smallest absolute Gasteiger partial charge is 0.386 e. The van der Waals surface area contributed by atoms with E-state index in [9.17, 15) is 14.6 Å². The number of aliphatic hydroxyl groups excluding tert-OH is 1. The Balaban J connectivity index is 1.62. The SMILES string of the molecule is CCN(CC)c1ncnc2c1nc(Sc1ccc(Cl)cc1)n2[C@@H]1O[C@@H]2COP(=O)(O)O[C@H]2[C@H]1O. The van der Waals surface area contributed by atoms with Crippen molar-refractivity contribution in [3.63, 3.8) is 0 Å². The summed E-state index contributed by atoms with van der Waals surface area (Å²) >= 11 is 7.38. The summed E-state index contributed by atoms with van der Waals surface area (Å²) < 4.78 is 29.7. The number of hydrogen-bond donors (Lipinski definition) is 2. The summed E-state index contributed by atoms with van der Waals surface area (Å²) in [5.41, 5.74) is 1.02. The van der Waals surface area contributed by atoms with Gasteiger partial charge in [-0.15, -0.1) is 0 Å². The van der Waals surface area contributed by atoms with Crippen LogP contribution in [0.2, 0.25) is 5.02 Å². The van der Waals surface area contributed by atoms with E-state index in [4.69, 9.17) is 30.4 Å². The van der Waals surface area contributed by atoms with Crippen LogP contribution < -0.4 is 4.90 Å². The number of phosphoric ester groups is 1. The van der Waals surface area contributed by atoms with E-state index < -0.39 is 32.4 Å². The zero-order valence-electron chi connectivity index (χ0n) is 18.3. The molecule has 0 spiro atoms. The van der Waals surface area contributed by atoms with E-state index in [0.717, 1.165) is 18.0 Å². The van der Waals surface area contributed by atoms with Crippen molar-refractivity contribution in [2.75, 3.05) is 24.6 Å². The van der Waals surface area contributed by atoms with E-state index in [1.807, 2.05) is 26.0 Å². The average molecular weight is 528 g/mol. The number of fused-ring (bicyclic) bond motifs is 2. The Labute approximate surface area is 204 Å². The Kier molecular flexibility index (Phi) is 6.60. The number of nitrogens with zero attached hydrogens (tertiary/aromatic N) is 5. The van der Waals surface area contributed by atoms with Crippen LogP contribution in [0.4, 0.5) is 5.82 Å². The van der Waals surface area contributed by atoms with Crippen LogP contribution in [-0.4, -0.2) is 67.5 Å². The Hall–Kier alpha value is -1.76. The largest absolute Gasteiger partial charge is 0.472 e. The molecule has 0 aliphatic carbocycles. The molecule has 2 aromatic heterocycles. The zero-order chi connectivity index (χ0) is 24.0. The van der Waals surface area contributed by atoms with Crippen molar-refractivity contribution < 1.29 is 28.3 Å². The Morgan fingerprint density at radius 2 is 2.00 bits per heavy atom. The molecule has 5 rings (SSSR count). The molecule has 14 heteroatoms.